The molecule has 0 bridgehead atoms. The summed E-state index contributed by atoms with van der Waals surface area (Å²) in [5.74, 6) is -0.0715. The predicted octanol–water partition coefficient (Wildman–Crippen LogP) is 2.68. The molecule has 6 heteroatoms. The first kappa shape index (κ1) is 16.1. The molecule has 1 aliphatic rings. The molecule has 0 spiro atoms. The van der Waals surface area contributed by atoms with Crippen molar-refractivity contribution in [2.45, 2.75) is 31.5 Å². The highest BCUT2D eigenvalue weighted by Crippen LogP contribution is 2.37. The van der Waals surface area contributed by atoms with Crippen molar-refractivity contribution in [2.24, 2.45) is 5.73 Å². The summed E-state index contributed by atoms with van der Waals surface area (Å²) in [5, 5.41) is 0. The van der Waals surface area contributed by atoms with Crippen LogP contribution in [-0.2, 0) is 12.6 Å². The molecule has 1 aromatic rings. The van der Waals surface area contributed by atoms with Gasteiger partial charge in [-0.15, -0.1) is 0 Å². The number of piperidine rings is 1. The Bertz CT molecular complexity index is 468. The van der Waals surface area contributed by atoms with Crippen LogP contribution in [-0.4, -0.2) is 37.7 Å². The fourth-order valence-electron chi connectivity index (χ4n) is 2.51. The Kier molecular flexibility index (Phi) is 5.11. The molecule has 21 heavy (non-hydrogen) atoms. The van der Waals surface area contributed by atoms with Gasteiger partial charge < -0.3 is 15.4 Å². The van der Waals surface area contributed by atoms with Crippen molar-refractivity contribution in [1.29, 1.82) is 0 Å². The minimum Gasteiger partial charge on any atom is -0.490 e. The first-order chi connectivity index (χ1) is 9.90. The molecule has 0 unspecified atom stereocenters. The average molecular weight is 302 g/mol. The van der Waals surface area contributed by atoms with E-state index >= 15 is 0 Å². The van der Waals surface area contributed by atoms with E-state index in [0.29, 0.717) is 18.5 Å². The zero-order chi connectivity index (χ0) is 15.5. The molecule has 1 aromatic carbocycles. The van der Waals surface area contributed by atoms with E-state index in [9.17, 15) is 13.2 Å². The number of alkyl halides is 3. The molecule has 0 atom stereocenters. The van der Waals surface area contributed by atoms with Gasteiger partial charge in [0.15, 0.2) is 0 Å². The minimum absolute atomic E-state index is 0.0715. The highest BCUT2D eigenvalue weighted by Gasteiger charge is 2.35. The summed E-state index contributed by atoms with van der Waals surface area (Å²) in [6.45, 7) is 2.01. The van der Waals surface area contributed by atoms with Crippen LogP contribution >= 0.6 is 0 Å². The molecular weight excluding hydrogens is 281 g/mol. The molecule has 118 valence electrons. The number of hydrogen-bond acceptors (Lipinski definition) is 3. The third-order valence-electron chi connectivity index (χ3n) is 3.74. The van der Waals surface area contributed by atoms with Crippen LogP contribution in [0.3, 0.4) is 0 Å². The molecule has 1 heterocycles. The van der Waals surface area contributed by atoms with E-state index in [1.54, 1.807) is 6.07 Å². The predicted molar refractivity (Wildman–Crippen MR) is 75.3 cm³/mol. The maximum absolute atomic E-state index is 13.2. The number of benzene rings is 1. The first-order valence-corrected chi connectivity index (χ1v) is 7.15. The minimum atomic E-state index is -4.41. The zero-order valence-corrected chi connectivity index (χ0v) is 12.1. The van der Waals surface area contributed by atoms with Gasteiger partial charge in [0, 0.05) is 13.1 Å². The molecule has 0 saturated carbocycles. The Morgan fingerprint density at radius 1 is 1.29 bits per heavy atom. The molecule has 0 amide bonds. The van der Waals surface area contributed by atoms with E-state index in [0.717, 1.165) is 32.0 Å². The third-order valence-corrected chi connectivity index (χ3v) is 3.74. The van der Waals surface area contributed by atoms with Gasteiger partial charge in [-0.2, -0.15) is 13.2 Å². The van der Waals surface area contributed by atoms with Crippen molar-refractivity contribution < 1.29 is 17.9 Å². The molecule has 2 rings (SSSR count). The summed E-state index contributed by atoms with van der Waals surface area (Å²) >= 11 is 0. The van der Waals surface area contributed by atoms with Gasteiger partial charge in [0.2, 0.25) is 0 Å². The van der Waals surface area contributed by atoms with Crippen LogP contribution in [0.4, 0.5) is 13.2 Å². The zero-order valence-electron chi connectivity index (χ0n) is 12.1. The fraction of sp³-hybridized carbons (Fsp3) is 0.600. The monoisotopic (exact) mass is 302 g/mol. The number of rotatable bonds is 4. The van der Waals surface area contributed by atoms with Crippen LogP contribution in [0.2, 0.25) is 0 Å². The van der Waals surface area contributed by atoms with Gasteiger partial charge in [0.05, 0.1) is 5.56 Å². The lowest BCUT2D eigenvalue weighted by molar-refractivity contribution is -0.139. The van der Waals surface area contributed by atoms with E-state index in [1.165, 1.54) is 6.07 Å². The van der Waals surface area contributed by atoms with E-state index < -0.39 is 11.7 Å². The van der Waals surface area contributed by atoms with Crippen LogP contribution in [0.1, 0.15) is 24.0 Å². The summed E-state index contributed by atoms with van der Waals surface area (Å²) in [7, 11) is 2.00. The largest absolute Gasteiger partial charge is 0.490 e. The smallest absolute Gasteiger partial charge is 0.419 e. The number of halogens is 3. The number of ether oxygens (including phenoxy) is 1. The van der Waals surface area contributed by atoms with E-state index in [4.69, 9.17) is 10.5 Å². The molecule has 0 radical (unpaired) electrons. The molecule has 0 aromatic heterocycles. The van der Waals surface area contributed by atoms with Gasteiger partial charge in [0.25, 0.3) is 0 Å². The van der Waals surface area contributed by atoms with Gasteiger partial charge in [-0.05, 0) is 50.6 Å². The van der Waals surface area contributed by atoms with Gasteiger partial charge >= 0.3 is 6.18 Å². The molecular formula is C15H21F3N2O. The second kappa shape index (κ2) is 6.66. The summed E-state index contributed by atoms with van der Waals surface area (Å²) in [6.07, 6.45) is -2.64. The van der Waals surface area contributed by atoms with E-state index in [2.05, 4.69) is 4.90 Å². The van der Waals surface area contributed by atoms with Crippen molar-refractivity contribution in [3.8, 4) is 5.75 Å². The van der Waals surface area contributed by atoms with Crippen LogP contribution in [0.25, 0.3) is 0 Å². The Labute approximate surface area is 122 Å². The van der Waals surface area contributed by atoms with Crippen molar-refractivity contribution in [3.05, 3.63) is 29.3 Å². The van der Waals surface area contributed by atoms with Gasteiger partial charge in [-0.1, -0.05) is 6.07 Å². The number of hydrogen-bond donors (Lipinski definition) is 1. The summed E-state index contributed by atoms with van der Waals surface area (Å²) in [6, 6.07) is 4.23. The van der Waals surface area contributed by atoms with Crippen molar-refractivity contribution in [2.75, 3.05) is 26.7 Å². The Morgan fingerprint density at radius 2 is 1.95 bits per heavy atom. The van der Waals surface area contributed by atoms with Crippen molar-refractivity contribution in [1.82, 2.24) is 4.90 Å². The first-order valence-electron chi connectivity index (χ1n) is 7.15. The Balaban J connectivity index is 2.17. The molecule has 1 fully saturated rings. The molecule has 0 aliphatic carbocycles. The Morgan fingerprint density at radius 3 is 2.52 bits per heavy atom. The molecule has 1 aliphatic heterocycles. The SMILES string of the molecule is CN1CCC(Oc2ccc(CCN)cc2C(F)(F)F)CC1. The van der Waals surface area contributed by atoms with Crippen LogP contribution in [0, 0.1) is 0 Å². The highest BCUT2D eigenvalue weighted by molar-refractivity contribution is 5.39. The van der Waals surface area contributed by atoms with Gasteiger partial charge in [0.1, 0.15) is 11.9 Å². The van der Waals surface area contributed by atoms with Crippen LogP contribution in [0.15, 0.2) is 18.2 Å². The maximum atomic E-state index is 13.2. The second-order valence-electron chi connectivity index (χ2n) is 5.49. The normalized spacial score (nSPS) is 18.0. The van der Waals surface area contributed by atoms with Gasteiger partial charge in [-0.25, -0.2) is 0 Å². The van der Waals surface area contributed by atoms with Crippen LogP contribution < -0.4 is 10.5 Å². The van der Waals surface area contributed by atoms with Crippen LogP contribution in [0.5, 0.6) is 5.75 Å². The van der Waals surface area contributed by atoms with Crippen molar-refractivity contribution >= 4 is 0 Å². The lowest BCUT2D eigenvalue weighted by atomic mass is 10.1. The number of nitrogens with two attached hydrogens (primary N) is 1. The number of likely N-dealkylation sites (tertiary alicyclic amines) is 1. The number of nitrogens with zero attached hydrogens (tertiary/aromatic N) is 1. The average Bonchev–Trinajstić information content (AvgIpc) is 2.42. The quantitative estimate of drug-likeness (QED) is 0.929. The Hall–Kier alpha value is -1.27. The van der Waals surface area contributed by atoms with Gasteiger partial charge in [-0.3, -0.25) is 0 Å². The van der Waals surface area contributed by atoms with E-state index in [1.807, 2.05) is 7.05 Å². The topological polar surface area (TPSA) is 38.5 Å². The summed E-state index contributed by atoms with van der Waals surface area (Å²) < 4.78 is 45.1. The molecule has 3 nitrogen and oxygen atoms in total. The lowest BCUT2D eigenvalue weighted by Crippen LogP contribution is -2.36. The summed E-state index contributed by atoms with van der Waals surface area (Å²) in [5.41, 5.74) is 5.29. The highest BCUT2D eigenvalue weighted by atomic mass is 19.4. The fourth-order valence-corrected chi connectivity index (χ4v) is 2.51. The summed E-state index contributed by atoms with van der Waals surface area (Å²) in [4.78, 5) is 2.15. The second-order valence-corrected chi connectivity index (χ2v) is 5.49. The standard InChI is InChI=1S/C15H21F3N2O/c1-20-8-5-12(6-9-20)21-14-3-2-11(4-7-19)10-13(14)15(16,17)18/h2-3,10,12H,4-9,19H2,1H3. The molecule has 2 N–H and O–H groups in total. The van der Waals surface area contributed by atoms with Crippen molar-refractivity contribution in [3.63, 3.8) is 0 Å². The van der Waals surface area contributed by atoms with E-state index in [-0.39, 0.29) is 11.9 Å². The maximum Gasteiger partial charge on any atom is 0.419 e. The lowest BCUT2D eigenvalue weighted by Gasteiger charge is -2.30. The molecule has 1 saturated heterocycles. The third kappa shape index (κ3) is 4.35.